The lowest BCUT2D eigenvalue weighted by Gasteiger charge is -2.19. The molecule has 5 nitrogen and oxygen atoms in total. The van der Waals surface area contributed by atoms with Crippen molar-refractivity contribution in [2.45, 2.75) is 20.8 Å². The van der Waals surface area contributed by atoms with Gasteiger partial charge in [0.25, 0.3) is 11.8 Å². The molecule has 3 aromatic rings. The summed E-state index contributed by atoms with van der Waals surface area (Å²) in [5, 5.41) is 4.26. The average Bonchev–Trinajstić information content (AvgIpc) is 2.68. The van der Waals surface area contributed by atoms with Crippen molar-refractivity contribution in [2.24, 2.45) is 0 Å². The highest BCUT2D eigenvalue weighted by molar-refractivity contribution is 6.31. The molecule has 0 spiro atoms. The van der Waals surface area contributed by atoms with Gasteiger partial charge in [-0.2, -0.15) is 0 Å². The number of benzene rings is 2. The summed E-state index contributed by atoms with van der Waals surface area (Å²) in [5.74, 6) is -0.335. The number of hydrogen-bond acceptors (Lipinski definition) is 3. The minimum atomic E-state index is -0.278. The van der Waals surface area contributed by atoms with Crippen LogP contribution in [0.4, 0.5) is 5.69 Å². The molecule has 0 fully saturated rings. The molecule has 2 amide bonds. The van der Waals surface area contributed by atoms with Gasteiger partial charge in [0.1, 0.15) is 0 Å². The van der Waals surface area contributed by atoms with E-state index in [9.17, 15) is 9.59 Å². The Labute approximate surface area is 169 Å². The number of hydrogen-bond donors (Lipinski definition) is 1. The van der Waals surface area contributed by atoms with Gasteiger partial charge in [-0.1, -0.05) is 17.7 Å². The van der Waals surface area contributed by atoms with Gasteiger partial charge in [0.2, 0.25) is 0 Å². The third-order valence-corrected chi connectivity index (χ3v) is 4.87. The third-order valence-electron chi connectivity index (χ3n) is 4.63. The molecular weight excluding hydrogens is 374 g/mol. The van der Waals surface area contributed by atoms with Gasteiger partial charge in [0, 0.05) is 34.7 Å². The molecule has 0 unspecified atom stereocenters. The first kappa shape index (κ1) is 19.8. The minimum Gasteiger partial charge on any atom is -0.339 e. The fourth-order valence-electron chi connectivity index (χ4n) is 3.10. The van der Waals surface area contributed by atoms with Crippen molar-refractivity contribution in [1.82, 2.24) is 9.88 Å². The van der Waals surface area contributed by atoms with Crippen LogP contribution < -0.4 is 5.32 Å². The lowest BCUT2D eigenvalue weighted by atomic mass is 10.1. The zero-order valence-corrected chi connectivity index (χ0v) is 16.9. The first-order chi connectivity index (χ1) is 13.4. The summed E-state index contributed by atoms with van der Waals surface area (Å²) in [4.78, 5) is 31.6. The van der Waals surface area contributed by atoms with Gasteiger partial charge in [-0.3, -0.25) is 14.6 Å². The molecule has 144 valence electrons. The fourth-order valence-corrected chi connectivity index (χ4v) is 3.28. The number of anilines is 1. The quantitative estimate of drug-likeness (QED) is 0.666. The van der Waals surface area contributed by atoms with Crippen LogP contribution in [0.3, 0.4) is 0 Å². The van der Waals surface area contributed by atoms with Crippen LogP contribution in [0, 0.1) is 6.92 Å². The van der Waals surface area contributed by atoms with Crippen molar-refractivity contribution < 1.29 is 9.59 Å². The second-order valence-electron chi connectivity index (χ2n) is 6.47. The summed E-state index contributed by atoms with van der Waals surface area (Å²) >= 11 is 6.05. The van der Waals surface area contributed by atoms with E-state index in [0.29, 0.717) is 40.6 Å². The summed E-state index contributed by atoms with van der Waals surface area (Å²) in [5.41, 5.74) is 2.98. The van der Waals surface area contributed by atoms with E-state index in [2.05, 4.69) is 10.3 Å². The number of pyridine rings is 1. The number of aromatic nitrogens is 1. The third kappa shape index (κ3) is 4.15. The topological polar surface area (TPSA) is 62.3 Å². The lowest BCUT2D eigenvalue weighted by molar-refractivity contribution is 0.0772. The van der Waals surface area contributed by atoms with Gasteiger partial charge in [-0.05, 0) is 63.2 Å². The molecule has 6 heteroatoms. The fraction of sp³-hybridized carbons (Fsp3) is 0.227. The molecule has 28 heavy (non-hydrogen) atoms. The van der Waals surface area contributed by atoms with Crippen LogP contribution in [-0.2, 0) is 0 Å². The van der Waals surface area contributed by atoms with E-state index >= 15 is 0 Å². The maximum absolute atomic E-state index is 12.8. The molecule has 1 N–H and O–H groups in total. The zero-order chi connectivity index (χ0) is 20.3. The maximum atomic E-state index is 12.8. The van der Waals surface area contributed by atoms with Crippen LogP contribution in [0.25, 0.3) is 10.9 Å². The standard InChI is InChI=1S/C22H22ClN3O2/c1-4-26(5-2)22(28)15-7-6-8-18(12-15)25-21(27)19-13-16-11-17(23)9-10-20(16)24-14(19)3/h6-13H,4-5H2,1-3H3,(H,25,27). The highest BCUT2D eigenvalue weighted by Gasteiger charge is 2.15. The first-order valence-corrected chi connectivity index (χ1v) is 9.58. The molecule has 1 aromatic heterocycles. The number of nitrogens with zero attached hydrogens (tertiary/aromatic N) is 2. The molecule has 1 heterocycles. The van der Waals surface area contributed by atoms with E-state index in [1.54, 1.807) is 54.3 Å². The Bertz CT molecular complexity index is 1050. The van der Waals surface area contributed by atoms with Crippen LogP contribution >= 0.6 is 11.6 Å². The molecule has 0 saturated carbocycles. The molecule has 2 aromatic carbocycles. The number of carbonyl (C=O) groups excluding carboxylic acids is 2. The van der Waals surface area contributed by atoms with Gasteiger partial charge >= 0.3 is 0 Å². The van der Waals surface area contributed by atoms with Gasteiger partial charge in [-0.15, -0.1) is 0 Å². The van der Waals surface area contributed by atoms with Crippen molar-refractivity contribution in [2.75, 3.05) is 18.4 Å². The Balaban J connectivity index is 1.87. The summed E-state index contributed by atoms with van der Waals surface area (Å²) in [6.07, 6.45) is 0. The molecule has 0 aliphatic carbocycles. The molecular formula is C22H22ClN3O2. The molecule has 0 saturated heterocycles. The van der Waals surface area contributed by atoms with Crippen LogP contribution in [0.15, 0.2) is 48.5 Å². The normalized spacial score (nSPS) is 10.7. The number of rotatable bonds is 5. The second kappa shape index (κ2) is 8.40. The summed E-state index contributed by atoms with van der Waals surface area (Å²) in [7, 11) is 0. The predicted octanol–water partition coefficient (Wildman–Crippen LogP) is 4.93. The Hall–Kier alpha value is -2.92. The summed E-state index contributed by atoms with van der Waals surface area (Å²) in [6, 6.07) is 14.1. The minimum absolute atomic E-state index is 0.0562. The second-order valence-corrected chi connectivity index (χ2v) is 6.91. The van der Waals surface area contributed by atoms with E-state index in [4.69, 9.17) is 11.6 Å². The molecule has 0 radical (unpaired) electrons. The number of fused-ring (bicyclic) bond motifs is 1. The van der Waals surface area contributed by atoms with Crippen molar-refractivity contribution in [1.29, 1.82) is 0 Å². The maximum Gasteiger partial charge on any atom is 0.257 e. The highest BCUT2D eigenvalue weighted by atomic mass is 35.5. The zero-order valence-electron chi connectivity index (χ0n) is 16.1. The van der Waals surface area contributed by atoms with E-state index in [-0.39, 0.29) is 11.8 Å². The van der Waals surface area contributed by atoms with E-state index in [0.717, 1.165) is 10.9 Å². The molecule has 0 atom stereocenters. The monoisotopic (exact) mass is 395 g/mol. The Morgan fingerprint density at radius 1 is 1.07 bits per heavy atom. The van der Waals surface area contributed by atoms with Crippen LogP contribution in [0.2, 0.25) is 5.02 Å². The highest BCUT2D eigenvalue weighted by Crippen LogP contribution is 2.22. The van der Waals surface area contributed by atoms with Gasteiger partial charge in [0.05, 0.1) is 16.8 Å². The molecule has 0 bridgehead atoms. The van der Waals surface area contributed by atoms with Crippen molar-refractivity contribution >= 4 is 40.0 Å². The number of amides is 2. The Morgan fingerprint density at radius 2 is 1.82 bits per heavy atom. The van der Waals surface area contributed by atoms with E-state index < -0.39 is 0 Å². The molecule has 0 aliphatic heterocycles. The van der Waals surface area contributed by atoms with Crippen LogP contribution in [0.5, 0.6) is 0 Å². The van der Waals surface area contributed by atoms with E-state index in [1.807, 2.05) is 19.9 Å². The van der Waals surface area contributed by atoms with Crippen molar-refractivity contribution in [3.63, 3.8) is 0 Å². The largest absolute Gasteiger partial charge is 0.339 e. The lowest BCUT2D eigenvalue weighted by Crippen LogP contribution is -2.30. The molecule has 0 aliphatic rings. The number of aryl methyl sites for hydroxylation is 1. The average molecular weight is 396 g/mol. The van der Waals surface area contributed by atoms with Crippen LogP contribution in [-0.4, -0.2) is 34.8 Å². The van der Waals surface area contributed by atoms with Gasteiger partial charge < -0.3 is 10.2 Å². The summed E-state index contributed by atoms with van der Waals surface area (Å²) < 4.78 is 0. The van der Waals surface area contributed by atoms with Crippen molar-refractivity contribution in [3.8, 4) is 0 Å². The summed E-state index contributed by atoms with van der Waals surface area (Å²) in [6.45, 7) is 6.94. The van der Waals surface area contributed by atoms with Gasteiger partial charge in [-0.25, -0.2) is 0 Å². The SMILES string of the molecule is CCN(CC)C(=O)c1cccc(NC(=O)c2cc3cc(Cl)ccc3nc2C)c1. The van der Waals surface area contributed by atoms with Crippen LogP contribution in [0.1, 0.15) is 40.3 Å². The predicted molar refractivity (Wildman–Crippen MR) is 113 cm³/mol. The number of halogens is 1. The number of nitrogens with one attached hydrogen (secondary N) is 1. The van der Waals surface area contributed by atoms with E-state index in [1.165, 1.54) is 0 Å². The van der Waals surface area contributed by atoms with Gasteiger partial charge in [0.15, 0.2) is 0 Å². The Morgan fingerprint density at radius 3 is 2.54 bits per heavy atom. The number of carbonyl (C=O) groups is 2. The molecule has 3 rings (SSSR count). The van der Waals surface area contributed by atoms with Crippen molar-refractivity contribution in [3.05, 3.63) is 70.4 Å². The smallest absolute Gasteiger partial charge is 0.257 e. The first-order valence-electron chi connectivity index (χ1n) is 9.20. The Kier molecular flexibility index (Phi) is 5.95.